The molecule has 0 aliphatic rings. The zero-order valence-electron chi connectivity index (χ0n) is 12.7. The molecule has 110 valence electrons. The van der Waals surface area contributed by atoms with Gasteiger partial charge in [0.25, 0.3) is 0 Å². The van der Waals surface area contributed by atoms with E-state index in [1.54, 1.807) is 0 Å². The third-order valence-electron chi connectivity index (χ3n) is 3.76. The smallest absolute Gasteiger partial charge is 0.0661 e. The fourth-order valence-electron chi connectivity index (χ4n) is 2.50. The molecule has 0 radical (unpaired) electrons. The average molecular weight is 293 g/mol. The first-order valence-electron chi connectivity index (χ1n) is 7.54. The van der Waals surface area contributed by atoms with Gasteiger partial charge in [0, 0.05) is 36.2 Å². The fourth-order valence-corrected chi connectivity index (χ4v) is 2.78. The Morgan fingerprint density at radius 3 is 2.65 bits per heavy atom. The first-order valence-corrected chi connectivity index (χ1v) is 7.92. The monoisotopic (exact) mass is 292 g/mol. The van der Waals surface area contributed by atoms with Crippen LogP contribution in [0.3, 0.4) is 0 Å². The van der Waals surface area contributed by atoms with Crippen molar-refractivity contribution < 1.29 is 0 Å². The number of nitrogens with zero attached hydrogens (tertiary/aromatic N) is 1. The number of benzene rings is 1. The number of aromatic nitrogens is 1. The largest absolute Gasteiger partial charge is 0.345 e. The SMILES string of the molecule is CC(C)CCC(C)NCCn1cc(Cl)c2ccccc21. The predicted molar refractivity (Wildman–Crippen MR) is 88.5 cm³/mol. The first-order chi connectivity index (χ1) is 9.58. The molecule has 1 aromatic heterocycles. The van der Waals surface area contributed by atoms with E-state index in [0.717, 1.165) is 29.4 Å². The summed E-state index contributed by atoms with van der Waals surface area (Å²) in [6.07, 6.45) is 4.56. The van der Waals surface area contributed by atoms with E-state index >= 15 is 0 Å². The van der Waals surface area contributed by atoms with Crippen molar-refractivity contribution in [3.8, 4) is 0 Å². The lowest BCUT2D eigenvalue weighted by Gasteiger charge is -2.15. The topological polar surface area (TPSA) is 17.0 Å². The molecule has 0 bridgehead atoms. The Morgan fingerprint density at radius 1 is 1.15 bits per heavy atom. The molecular formula is C17H25ClN2. The Bertz CT molecular complexity index is 545. The van der Waals surface area contributed by atoms with Crippen molar-refractivity contribution in [3.05, 3.63) is 35.5 Å². The standard InChI is InChI=1S/C17H25ClN2/c1-13(2)8-9-14(3)19-10-11-20-12-16(18)15-6-4-5-7-17(15)20/h4-7,12-14,19H,8-11H2,1-3H3. The molecule has 2 rings (SSSR count). The molecular weight excluding hydrogens is 268 g/mol. The van der Waals surface area contributed by atoms with Crippen LogP contribution in [0.15, 0.2) is 30.5 Å². The maximum atomic E-state index is 6.26. The number of fused-ring (bicyclic) bond motifs is 1. The average Bonchev–Trinajstić information content (AvgIpc) is 2.74. The number of halogens is 1. The zero-order chi connectivity index (χ0) is 14.5. The molecule has 2 nitrogen and oxygen atoms in total. The van der Waals surface area contributed by atoms with Gasteiger partial charge in [-0.25, -0.2) is 0 Å². The minimum absolute atomic E-state index is 0.578. The normalized spacial score (nSPS) is 13.2. The molecule has 1 unspecified atom stereocenters. The van der Waals surface area contributed by atoms with Gasteiger partial charge in [0.2, 0.25) is 0 Å². The molecule has 0 aliphatic heterocycles. The Kier molecular flexibility index (Phi) is 5.50. The molecule has 20 heavy (non-hydrogen) atoms. The van der Waals surface area contributed by atoms with Crippen LogP contribution < -0.4 is 5.32 Å². The maximum absolute atomic E-state index is 6.26. The van der Waals surface area contributed by atoms with Crippen molar-refractivity contribution in [1.29, 1.82) is 0 Å². The molecule has 0 aliphatic carbocycles. The van der Waals surface area contributed by atoms with Crippen LogP contribution in [-0.2, 0) is 6.54 Å². The number of rotatable bonds is 7. The Morgan fingerprint density at radius 2 is 1.90 bits per heavy atom. The minimum Gasteiger partial charge on any atom is -0.345 e. The lowest BCUT2D eigenvalue weighted by Crippen LogP contribution is -2.29. The summed E-state index contributed by atoms with van der Waals surface area (Å²) in [6.45, 7) is 8.76. The molecule has 0 amide bonds. The molecule has 1 N–H and O–H groups in total. The van der Waals surface area contributed by atoms with Gasteiger partial charge in [0.1, 0.15) is 0 Å². The lowest BCUT2D eigenvalue weighted by atomic mass is 10.0. The predicted octanol–water partition coefficient (Wildman–Crippen LogP) is 4.71. The van der Waals surface area contributed by atoms with Gasteiger partial charge in [-0.15, -0.1) is 0 Å². The van der Waals surface area contributed by atoms with Crippen molar-refractivity contribution in [1.82, 2.24) is 9.88 Å². The number of hydrogen-bond acceptors (Lipinski definition) is 1. The van der Waals surface area contributed by atoms with Gasteiger partial charge >= 0.3 is 0 Å². The summed E-state index contributed by atoms with van der Waals surface area (Å²) in [7, 11) is 0. The highest BCUT2D eigenvalue weighted by atomic mass is 35.5. The van der Waals surface area contributed by atoms with E-state index in [9.17, 15) is 0 Å². The highest BCUT2D eigenvalue weighted by Gasteiger charge is 2.07. The number of hydrogen-bond donors (Lipinski definition) is 1. The third kappa shape index (κ3) is 4.00. The maximum Gasteiger partial charge on any atom is 0.0661 e. The van der Waals surface area contributed by atoms with Crippen molar-refractivity contribution in [2.24, 2.45) is 5.92 Å². The molecule has 0 spiro atoms. The van der Waals surface area contributed by atoms with Gasteiger partial charge in [-0.2, -0.15) is 0 Å². The second-order valence-electron chi connectivity index (χ2n) is 6.01. The van der Waals surface area contributed by atoms with Crippen LogP contribution >= 0.6 is 11.6 Å². The summed E-state index contributed by atoms with van der Waals surface area (Å²) < 4.78 is 2.24. The van der Waals surface area contributed by atoms with Crippen molar-refractivity contribution in [2.45, 2.75) is 46.2 Å². The molecule has 1 heterocycles. The van der Waals surface area contributed by atoms with Crippen LogP contribution in [-0.4, -0.2) is 17.2 Å². The zero-order valence-corrected chi connectivity index (χ0v) is 13.5. The summed E-state index contributed by atoms with van der Waals surface area (Å²) in [6, 6.07) is 8.88. The Labute approximate surface area is 127 Å². The number of nitrogens with one attached hydrogen (secondary N) is 1. The van der Waals surface area contributed by atoms with E-state index in [0.29, 0.717) is 6.04 Å². The Balaban J connectivity index is 1.87. The minimum atomic E-state index is 0.578. The van der Waals surface area contributed by atoms with Crippen LogP contribution in [0.1, 0.15) is 33.6 Å². The van der Waals surface area contributed by atoms with Crippen LogP contribution in [0.2, 0.25) is 5.02 Å². The second kappa shape index (κ2) is 7.14. The van der Waals surface area contributed by atoms with E-state index < -0.39 is 0 Å². The van der Waals surface area contributed by atoms with Gasteiger partial charge in [-0.05, 0) is 31.7 Å². The van der Waals surface area contributed by atoms with Crippen LogP contribution in [0.25, 0.3) is 10.9 Å². The molecule has 2 aromatic rings. The molecule has 0 saturated carbocycles. The summed E-state index contributed by atoms with van der Waals surface area (Å²) in [5.74, 6) is 0.784. The van der Waals surface area contributed by atoms with E-state index in [1.807, 2.05) is 12.3 Å². The van der Waals surface area contributed by atoms with Gasteiger partial charge in [-0.3, -0.25) is 0 Å². The van der Waals surface area contributed by atoms with E-state index in [-0.39, 0.29) is 0 Å². The van der Waals surface area contributed by atoms with Gasteiger partial charge in [-0.1, -0.05) is 43.6 Å². The highest BCUT2D eigenvalue weighted by molar-refractivity contribution is 6.35. The van der Waals surface area contributed by atoms with Crippen LogP contribution in [0, 0.1) is 5.92 Å². The number of para-hydroxylation sites is 1. The lowest BCUT2D eigenvalue weighted by molar-refractivity contribution is 0.443. The summed E-state index contributed by atoms with van der Waals surface area (Å²) in [5.41, 5.74) is 1.22. The summed E-state index contributed by atoms with van der Waals surface area (Å²) in [4.78, 5) is 0. The first kappa shape index (κ1) is 15.4. The van der Waals surface area contributed by atoms with Crippen LogP contribution in [0.5, 0.6) is 0 Å². The summed E-state index contributed by atoms with van der Waals surface area (Å²) in [5, 5.41) is 5.58. The van der Waals surface area contributed by atoms with E-state index in [4.69, 9.17) is 11.6 Å². The molecule has 1 atom stereocenters. The fraction of sp³-hybridized carbons (Fsp3) is 0.529. The van der Waals surface area contributed by atoms with Crippen molar-refractivity contribution in [3.63, 3.8) is 0 Å². The molecule has 1 aromatic carbocycles. The van der Waals surface area contributed by atoms with Crippen molar-refractivity contribution >= 4 is 22.5 Å². The van der Waals surface area contributed by atoms with Gasteiger partial charge < -0.3 is 9.88 Å². The van der Waals surface area contributed by atoms with Crippen molar-refractivity contribution in [2.75, 3.05) is 6.54 Å². The Hall–Kier alpha value is -0.990. The van der Waals surface area contributed by atoms with Gasteiger partial charge in [0.15, 0.2) is 0 Å². The molecule has 0 fully saturated rings. The highest BCUT2D eigenvalue weighted by Crippen LogP contribution is 2.25. The molecule has 3 heteroatoms. The third-order valence-corrected chi connectivity index (χ3v) is 4.06. The van der Waals surface area contributed by atoms with Crippen LogP contribution in [0.4, 0.5) is 0 Å². The van der Waals surface area contributed by atoms with E-state index in [2.05, 4.69) is 48.9 Å². The van der Waals surface area contributed by atoms with E-state index in [1.165, 1.54) is 18.4 Å². The van der Waals surface area contributed by atoms with Gasteiger partial charge in [0.05, 0.1) is 5.02 Å². The molecule has 0 saturated heterocycles. The second-order valence-corrected chi connectivity index (χ2v) is 6.42. The quantitative estimate of drug-likeness (QED) is 0.782. The summed E-state index contributed by atoms with van der Waals surface area (Å²) >= 11 is 6.26.